The molecule has 1 fully saturated rings. The molecule has 1 aliphatic rings. The van der Waals surface area contributed by atoms with Crippen LogP contribution in [0.15, 0.2) is 71.2 Å². The Morgan fingerprint density at radius 2 is 2.00 bits per heavy atom. The normalized spacial score (nSPS) is 16.6. The number of sulfonamides is 1. The number of amides is 1. The minimum Gasteiger partial charge on any atom is -0.368 e. The first kappa shape index (κ1) is 23.7. The molecule has 0 aliphatic carbocycles. The van der Waals surface area contributed by atoms with Crippen LogP contribution in [-0.2, 0) is 21.4 Å². The fourth-order valence-corrected chi connectivity index (χ4v) is 6.51. The maximum atomic E-state index is 13.1. The summed E-state index contributed by atoms with van der Waals surface area (Å²) in [5.74, 6) is 0.0456. The van der Waals surface area contributed by atoms with E-state index in [1.165, 1.54) is 11.3 Å². The van der Waals surface area contributed by atoms with Crippen LogP contribution in [0.3, 0.4) is 0 Å². The molecule has 0 spiro atoms. The molecular weight excluding hydrogens is 506 g/mol. The number of piperazine rings is 1. The third-order valence-corrected chi connectivity index (χ3v) is 8.64. The predicted molar refractivity (Wildman–Crippen MR) is 142 cm³/mol. The van der Waals surface area contributed by atoms with Crippen molar-refractivity contribution in [3.05, 3.63) is 71.3 Å². The molecule has 1 aliphatic heterocycles. The average Bonchev–Trinajstić information content (AvgIpc) is 3.49. The molecule has 35 heavy (non-hydrogen) atoms. The second kappa shape index (κ2) is 9.52. The van der Waals surface area contributed by atoms with E-state index in [1.54, 1.807) is 35.8 Å². The van der Waals surface area contributed by atoms with E-state index in [0.717, 1.165) is 16.6 Å². The number of anilines is 2. The Labute approximate surface area is 214 Å². The van der Waals surface area contributed by atoms with E-state index in [9.17, 15) is 13.2 Å². The number of hydrogen-bond acceptors (Lipinski definition) is 6. The Morgan fingerprint density at radius 1 is 1.20 bits per heavy atom. The highest BCUT2D eigenvalue weighted by Gasteiger charge is 2.28. The van der Waals surface area contributed by atoms with Gasteiger partial charge in [0.15, 0.2) is 5.13 Å². The molecule has 1 saturated heterocycles. The average molecular weight is 532 g/mol. The standard InChI is InChI=1S/C24H24ClN5O3S2.H2/c1-17-15-28(19-5-7-20(8-6-19)35(32,33)27-24-26-10-14-34-24)12-13-30(17)22(31)16-29-11-9-18-3-2-4-21(25)23(18)29;/h2-11,14,17H,12-13,15-16H2,1H3,(H,26,27);1H/t17-;/m1./s1. The van der Waals surface area contributed by atoms with Crippen molar-refractivity contribution in [1.29, 1.82) is 0 Å². The number of carbonyl (C=O) groups is 1. The van der Waals surface area contributed by atoms with Gasteiger partial charge in [-0.25, -0.2) is 13.4 Å². The molecule has 1 atom stereocenters. The van der Waals surface area contributed by atoms with E-state index in [0.29, 0.717) is 29.8 Å². The number of thiazole rings is 1. The van der Waals surface area contributed by atoms with Crippen molar-refractivity contribution in [2.45, 2.75) is 24.4 Å². The quantitative estimate of drug-likeness (QED) is 0.395. The molecule has 0 radical (unpaired) electrons. The number of halogens is 1. The van der Waals surface area contributed by atoms with Crippen molar-refractivity contribution in [2.75, 3.05) is 29.3 Å². The first-order chi connectivity index (χ1) is 16.8. The lowest BCUT2D eigenvalue weighted by Gasteiger charge is -2.41. The van der Waals surface area contributed by atoms with Gasteiger partial charge in [-0.2, -0.15) is 0 Å². The summed E-state index contributed by atoms with van der Waals surface area (Å²) in [7, 11) is -3.69. The molecule has 0 saturated carbocycles. The summed E-state index contributed by atoms with van der Waals surface area (Å²) in [4.78, 5) is 21.3. The van der Waals surface area contributed by atoms with Gasteiger partial charge >= 0.3 is 0 Å². The van der Waals surface area contributed by atoms with Crippen LogP contribution in [0.4, 0.5) is 10.8 Å². The van der Waals surface area contributed by atoms with Crippen LogP contribution < -0.4 is 9.62 Å². The smallest absolute Gasteiger partial charge is 0.263 e. The first-order valence-electron chi connectivity index (χ1n) is 11.1. The van der Waals surface area contributed by atoms with Crippen LogP contribution in [0.5, 0.6) is 0 Å². The summed E-state index contributed by atoms with van der Waals surface area (Å²) in [6.07, 6.45) is 3.45. The number of rotatable bonds is 6. The molecule has 5 rings (SSSR count). The van der Waals surface area contributed by atoms with Gasteiger partial charge in [0.05, 0.1) is 15.4 Å². The minimum absolute atomic E-state index is 0. The van der Waals surface area contributed by atoms with Crippen LogP contribution in [0.25, 0.3) is 10.9 Å². The summed E-state index contributed by atoms with van der Waals surface area (Å²) in [5, 5.41) is 3.68. The zero-order valence-corrected chi connectivity index (χ0v) is 21.4. The Kier molecular flexibility index (Phi) is 6.43. The lowest BCUT2D eigenvalue weighted by atomic mass is 10.1. The molecule has 4 aromatic rings. The van der Waals surface area contributed by atoms with Crippen LogP contribution >= 0.6 is 22.9 Å². The molecule has 184 valence electrons. The minimum atomic E-state index is -3.69. The summed E-state index contributed by atoms with van der Waals surface area (Å²) in [5.41, 5.74) is 1.79. The van der Waals surface area contributed by atoms with E-state index < -0.39 is 10.0 Å². The highest BCUT2D eigenvalue weighted by molar-refractivity contribution is 7.93. The zero-order chi connectivity index (χ0) is 24.6. The van der Waals surface area contributed by atoms with Gasteiger partial charge in [0, 0.05) is 56.0 Å². The summed E-state index contributed by atoms with van der Waals surface area (Å²) >= 11 is 7.59. The number of benzene rings is 2. The Balaban J connectivity index is 0.00000304. The Bertz CT molecular complexity index is 1460. The fraction of sp³-hybridized carbons (Fsp3) is 0.250. The summed E-state index contributed by atoms with van der Waals surface area (Å²) in [6, 6.07) is 14.5. The van der Waals surface area contributed by atoms with Crippen LogP contribution in [0, 0.1) is 0 Å². The first-order valence-corrected chi connectivity index (χ1v) is 13.9. The molecule has 0 unspecified atom stereocenters. The molecule has 2 aromatic carbocycles. The van der Waals surface area contributed by atoms with E-state index in [4.69, 9.17) is 11.6 Å². The molecular formula is C24H26ClN5O3S2. The highest BCUT2D eigenvalue weighted by atomic mass is 35.5. The molecule has 8 nitrogen and oxygen atoms in total. The number of aromatic nitrogens is 2. The highest BCUT2D eigenvalue weighted by Crippen LogP contribution is 2.26. The molecule has 11 heteroatoms. The van der Waals surface area contributed by atoms with Gasteiger partial charge in [-0.1, -0.05) is 23.7 Å². The van der Waals surface area contributed by atoms with E-state index in [1.807, 2.05) is 46.9 Å². The van der Waals surface area contributed by atoms with E-state index in [2.05, 4.69) is 14.6 Å². The van der Waals surface area contributed by atoms with Crippen molar-refractivity contribution < 1.29 is 14.6 Å². The van der Waals surface area contributed by atoms with Gasteiger partial charge in [-0.05, 0) is 43.3 Å². The van der Waals surface area contributed by atoms with Crippen molar-refractivity contribution >= 4 is 60.6 Å². The van der Waals surface area contributed by atoms with Crippen molar-refractivity contribution in [3.63, 3.8) is 0 Å². The van der Waals surface area contributed by atoms with Gasteiger partial charge in [0.1, 0.15) is 6.54 Å². The van der Waals surface area contributed by atoms with Gasteiger partial charge < -0.3 is 14.4 Å². The molecule has 1 amide bonds. The molecule has 2 aromatic heterocycles. The van der Waals surface area contributed by atoms with Gasteiger partial charge in [-0.15, -0.1) is 11.3 Å². The number of hydrogen-bond donors (Lipinski definition) is 1. The van der Waals surface area contributed by atoms with Crippen molar-refractivity contribution in [2.24, 2.45) is 0 Å². The summed E-state index contributed by atoms with van der Waals surface area (Å²) < 4.78 is 29.5. The Hall–Kier alpha value is -3.08. The lowest BCUT2D eigenvalue weighted by molar-refractivity contribution is -0.134. The number of para-hydroxylation sites is 1. The molecule has 0 bridgehead atoms. The van der Waals surface area contributed by atoms with Crippen molar-refractivity contribution in [3.8, 4) is 0 Å². The third-order valence-electron chi connectivity index (χ3n) is 6.16. The number of nitrogens with one attached hydrogen (secondary N) is 1. The second-order valence-corrected chi connectivity index (χ2v) is 11.4. The van der Waals surface area contributed by atoms with Crippen molar-refractivity contribution in [1.82, 2.24) is 14.5 Å². The fourth-order valence-electron chi connectivity index (χ4n) is 4.43. The van der Waals surface area contributed by atoms with E-state index in [-0.39, 0.29) is 24.8 Å². The van der Waals surface area contributed by atoms with E-state index >= 15 is 0 Å². The lowest BCUT2D eigenvalue weighted by Crippen LogP contribution is -2.54. The van der Waals surface area contributed by atoms with Crippen LogP contribution in [0.2, 0.25) is 5.02 Å². The molecule has 1 N–H and O–H groups in total. The van der Waals surface area contributed by atoms with Crippen LogP contribution in [0.1, 0.15) is 8.35 Å². The van der Waals surface area contributed by atoms with Gasteiger partial charge in [0.2, 0.25) is 5.91 Å². The number of nitrogens with zero attached hydrogens (tertiary/aromatic N) is 4. The van der Waals surface area contributed by atoms with Gasteiger partial charge in [-0.3, -0.25) is 9.52 Å². The Morgan fingerprint density at radius 3 is 2.71 bits per heavy atom. The molecule has 3 heterocycles. The monoisotopic (exact) mass is 531 g/mol. The maximum Gasteiger partial charge on any atom is 0.263 e. The SMILES string of the molecule is C[C@@H]1CN(c2ccc(S(=O)(=O)Nc3nccs3)cc2)CCN1C(=O)Cn1ccc2cccc(Cl)c21.[HH]. The van der Waals surface area contributed by atoms with Crippen LogP contribution in [-0.4, -0.2) is 54.5 Å². The second-order valence-electron chi connectivity index (χ2n) is 8.44. The zero-order valence-electron chi connectivity index (χ0n) is 19.0. The summed E-state index contributed by atoms with van der Waals surface area (Å²) in [6.45, 7) is 4.16. The third kappa shape index (κ3) is 4.86. The largest absolute Gasteiger partial charge is 0.368 e. The number of carbonyl (C=O) groups excluding carboxylic acids is 1. The maximum absolute atomic E-state index is 13.1. The number of fused-ring (bicyclic) bond motifs is 1. The topological polar surface area (TPSA) is 87.5 Å². The predicted octanol–water partition coefficient (Wildman–Crippen LogP) is 4.54. The van der Waals surface area contributed by atoms with Gasteiger partial charge in [0.25, 0.3) is 10.0 Å².